The SMILES string of the molecule is CCCCCCC(C)(N)Cc1ccc(F)cc1. The summed E-state index contributed by atoms with van der Waals surface area (Å²) in [5, 5.41) is 0. The van der Waals surface area contributed by atoms with Crippen molar-refractivity contribution in [3.05, 3.63) is 35.6 Å². The van der Waals surface area contributed by atoms with Crippen LogP contribution in [0.15, 0.2) is 24.3 Å². The average molecular weight is 237 g/mol. The van der Waals surface area contributed by atoms with Crippen LogP contribution in [0.3, 0.4) is 0 Å². The summed E-state index contributed by atoms with van der Waals surface area (Å²) in [6.07, 6.45) is 6.82. The number of benzene rings is 1. The lowest BCUT2D eigenvalue weighted by atomic mass is 9.88. The van der Waals surface area contributed by atoms with Gasteiger partial charge in [-0.2, -0.15) is 0 Å². The molecule has 0 saturated carbocycles. The molecule has 2 N–H and O–H groups in total. The number of nitrogens with two attached hydrogens (primary N) is 1. The zero-order valence-electron chi connectivity index (χ0n) is 11.0. The molecular weight excluding hydrogens is 213 g/mol. The molecule has 0 amide bonds. The van der Waals surface area contributed by atoms with Crippen LogP contribution in [-0.4, -0.2) is 5.54 Å². The van der Waals surface area contributed by atoms with Gasteiger partial charge in [0.2, 0.25) is 0 Å². The normalized spacial score (nSPS) is 14.6. The minimum Gasteiger partial charge on any atom is -0.325 e. The third kappa shape index (κ3) is 5.83. The molecule has 2 heteroatoms. The lowest BCUT2D eigenvalue weighted by molar-refractivity contribution is 0.406. The van der Waals surface area contributed by atoms with E-state index >= 15 is 0 Å². The monoisotopic (exact) mass is 237 g/mol. The average Bonchev–Trinajstić information content (AvgIpc) is 2.27. The van der Waals surface area contributed by atoms with Crippen molar-refractivity contribution in [2.24, 2.45) is 5.73 Å². The molecule has 0 spiro atoms. The highest BCUT2D eigenvalue weighted by Crippen LogP contribution is 2.18. The van der Waals surface area contributed by atoms with E-state index in [2.05, 4.69) is 13.8 Å². The van der Waals surface area contributed by atoms with E-state index in [1.54, 1.807) is 0 Å². The van der Waals surface area contributed by atoms with Crippen molar-refractivity contribution in [2.45, 2.75) is 57.9 Å². The van der Waals surface area contributed by atoms with Crippen molar-refractivity contribution >= 4 is 0 Å². The Labute approximate surface area is 104 Å². The molecule has 0 aliphatic carbocycles. The van der Waals surface area contributed by atoms with E-state index in [9.17, 15) is 4.39 Å². The van der Waals surface area contributed by atoms with E-state index in [-0.39, 0.29) is 11.4 Å². The summed E-state index contributed by atoms with van der Waals surface area (Å²) in [5.74, 6) is -0.185. The summed E-state index contributed by atoms with van der Waals surface area (Å²) in [7, 11) is 0. The third-order valence-electron chi connectivity index (χ3n) is 3.12. The predicted octanol–water partition coefficient (Wildman–Crippen LogP) is 4.06. The van der Waals surface area contributed by atoms with Gasteiger partial charge >= 0.3 is 0 Å². The molecule has 96 valence electrons. The lowest BCUT2D eigenvalue weighted by Crippen LogP contribution is -2.38. The molecule has 0 aromatic heterocycles. The maximum Gasteiger partial charge on any atom is 0.123 e. The second-order valence-corrected chi connectivity index (χ2v) is 5.27. The second-order valence-electron chi connectivity index (χ2n) is 5.27. The first kappa shape index (κ1) is 14.2. The Bertz CT molecular complexity index is 316. The van der Waals surface area contributed by atoms with Gasteiger partial charge in [-0.15, -0.1) is 0 Å². The van der Waals surface area contributed by atoms with Gasteiger partial charge in [-0.05, 0) is 37.5 Å². The Morgan fingerprint density at radius 2 is 1.76 bits per heavy atom. The van der Waals surface area contributed by atoms with Gasteiger partial charge < -0.3 is 5.73 Å². The van der Waals surface area contributed by atoms with Gasteiger partial charge in [-0.25, -0.2) is 4.39 Å². The quantitative estimate of drug-likeness (QED) is 0.711. The van der Waals surface area contributed by atoms with E-state index in [0.717, 1.165) is 18.4 Å². The molecular formula is C15H24FN. The third-order valence-corrected chi connectivity index (χ3v) is 3.12. The molecule has 0 bridgehead atoms. The highest BCUT2D eigenvalue weighted by atomic mass is 19.1. The highest BCUT2D eigenvalue weighted by Gasteiger charge is 2.18. The summed E-state index contributed by atoms with van der Waals surface area (Å²) in [6.45, 7) is 4.29. The highest BCUT2D eigenvalue weighted by molar-refractivity contribution is 5.18. The Kier molecular flexibility index (Phi) is 5.63. The van der Waals surface area contributed by atoms with Crippen LogP contribution < -0.4 is 5.73 Å². The van der Waals surface area contributed by atoms with Gasteiger partial charge in [-0.1, -0.05) is 44.7 Å². The van der Waals surface area contributed by atoms with Crippen LogP contribution in [0.5, 0.6) is 0 Å². The molecule has 1 aromatic rings. The van der Waals surface area contributed by atoms with E-state index < -0.39 is 0 Å². The predicted molar refractivity (Wildman–Crippen MR) is 71.5 cm³/mol. The molecule has 1 atom stereocenters. The minimum absolute atomic E-state index is 0.175. The summed E-state index contributed by atoms with van der Waals surface area (Å²) in [4.78, 5) is 0. The first-order valence-electron chi connectivity index (χ1n) is 6.57. The molecule has 0 aliphatic heterocycles. The topological polar surface area (TPSA) is 26.0 Å². The van der Waals surface area contributed by atoms with Crippen molar-refractivity contribution in [1.29, 1.82) is 0 Å². The van der Waals surface area contributed by atoms with Crippen molar-refractivity contribution in [1.82, 2.24) is 0 Å². The largest absolute Gasteiger partial charge is 0.325 e. The first-order chi connectivity index (χ1) is 8.03. The number of hydrogen-bond acceptors (Lipinski definition) is 1. The molecule has 0 heterocycles. The molecule has 17 heavy (non-hydrogen) atoms. The van der Waals surface area contributed by atoms with Gasteiger partial charge in [0.25, 0.3) is 0 Å². The van der Waals surface area contributed by atoms with Crippen LogP contribution in [0.25, 0.3) is 0 Å². The Balaban J connectivity index is 2.40. The van der Waals surface area contributed by atoms with E-state index in [1.807, 2.05) is 12.1 Å². The van der Waals surface area contributed by atoms with Crippen molar-refractivity contribution < 1.29 is 4.39 Å². The first-order valence-corrected chi connectivity index (χ1v) is 6.57. The summed E-state index contributed by atoms with van der Waals surface area (Å²) in [6, 6.07) is 6.66. The molecule has 1 rings (SSSR count). The fourth-order valence-electron chi connectivity index (χ4n) is 2.11. The Hall–Kier alpha value is -0.890. The van der Waals surface area contributed by atoms with Crippen molar-refractivity contribution in [3.63, 3.8) is 0 Å². The molecule has 1 unspecified atom stereocenters. The molecule has 1 nitrogen and oxygen atoms in total. The van der Waals surface area contributed by atoms with Gasteiger partial charge in [0, 0.05) is 5.54 Å². The van der Waals surface area contributed by atoms with E-state index in [0.29, 0.717) is 0 Å². The van der Waals surface area contributed by atoms with E-state index in [4.69, 9.17) is 5.73 Å². The van der Waals surface area contributed by atoms with Crippen molar-refractivity contribution in [3.8, 4) is 0 Å². The van der Waals surface area contributed by atoms with Crippen molar-refractivity contribution in [2.75, 3.05) is 0 Å². The number of halogens is 1. The molecule has 0 saturated heterocycles. The fraction of sp³-hybridized carbons (Fsp3) is 0.600. The minimum atomic E-state index is -0.185. The molecule has 0 aliphatic rings. The van der Waals surface area contributed by atoms with Crippen LogP contribution >= 0.6 is 0 Å². The van der Waals surface area contributed by atoms with Gasteiger partial charge in [0.1, 0.15) is 5.82 Å². The Morgan fingerprint density at radius 3 is 2.35 bits per heavy atom. The van der Waals surface area contributed by atoms with Crippen LogP contribution in [0, 0.1) is 5.82 Å². The number of unbranched alkanes of at least 4 members (excludes halogenated alkanes) is 3. The summed E-state index contributed by atoms with van der Waals surface area (Å²) >= 11 is 0. The zero-order valence-corrected chi connectivity index (χ0v) is 11.0. The van der Waals surface area contributed by atoms with Gasteiger partial charge in [-0.3, -0.25) is 0 Å². The molecule has 1 aromatic carbocycles. The van der Waals surface area contributed by atoms with Crippen LogP contribution in [0.1, 0.15) is 51.5 Å². The standard InChI is InChI=1S/C15H24FN/c1-3-4-5-6-11-15(2,17)12-13-7-9-14(16)10-8-13/h7-10H,3-6,11-12,17H2,1-2H3. The summed E-state index contributed by atoms with van der Waals surface area (Å²) in [5.41, 5.74) is 7.22. The lowest BCUT2D eigenvalue weighted by Gasteiger charge is -2.24. The summed E-state index contributed by atoms with van der Waals surface area (Å²) < 4.78 is 12.8. The molecule has 0 fully saturated rings. The van der Waals surface area contributed by atoms with E-state index in [1.165, 1.54) is 37.8 Å². The fourth-order valence-corrected chi connectivity index (χ4v) is 2.11. The maximum atomic E-state index is 12.8. The smallest absolute Gasteiger partial charge is 0.123 e. The number of rotatable bonds is 7. The maximum absolute atomic E-state index is 12.8. The van der Waals surface area contributed by atoms with Crippen LogP contribution in [-0.2, 0) is 6.42 Å². The number of hydrogen-bond donors (Lipinski definition) is 1. The van der Waals surface area contributed by atoms with Gasteiger partial charge in [0.05, 0.1) is 0 Å². The Morgan fingerprint density at radius 1 is 1.12 bits per heavy atom. The van der Waals surface area contributed by atoms with Crippen LogP contribution in [0.2, 0.25) is 0 Å². The van der Waals surface area contributed by atoms with Gasteiger partial charge in [0.15, 0.2) is 0 Å². The zero-order chi connectivity index (χ0) is 12.7. The second kappa shape index (κ2) is 6.75. The van der Waals surface area contributed by atoms with Crippen LogP contribution in [0.4, 0.5) is 4.39 Å². The molecule has 0 radical (unpaired) electrons.